The van der Waals surface area contributed by atoms with Gasteiger partial charge in [0.2, 0.25) is 0 Å². The van der Waals surface area contributed by atoms with Gasteiger partial charge in [0.05, 0.1) is 11.2 Å². The fourth-order valence-corrected chi connectivity index (χ4v) is 5.58. The Morgan fingerprint density at radius 2 is 1.91 bits per heavy atom. The average molecular weight is 466 g/mol. The monoisotopic (exact) mass is 465 g/mol. The van der Waals surface area contributed by atoms with Crippen LogP contribution in [0.15, 0.2) is 42.7 Å². The first-order valence-corrected chi connectivity index (χ1v) is 11.4. The third-order valence-electron chi connectivity index (χ3n) is 7.04. The lowest BCUT2D eigenvalue weighted by Gasteiger charge is -2.42. The van der Waals surface area contributed by atoms with Gasteiger partial charge in [0.15, 0.2) is 5.65 Å². The zero-order valence-electron chi connectivity index (χ0n) is 17.2. The highest BCUT2D eigenvalue weighted by Crippen LogP contribution is 2.50. The minimum atomic E-state index is 0.0986. The number of fused-ring (bicyclic) bond motifs is 2. The molecule has 1 atom stereocenters. The Labute approximate surface area is 195 Å². The van der Waals surface area contributed by atoms with Gasteiger partial charge in [-0.2, -0.15) is 5.10 Å². The van der Waals surface area contributed by atoms with Crippen LogP contribution in [0.4, 0.5) is 5.82 Å². The molecule has 2 aliphatic rings. The second kappa shape index (κ2) is 7.40. The number of aromatic amines is 1. The summed E-state index contributed by atoms with van der Waals surface area (Å²) < 4.78 is 0. The lowest BCUT2D eigenvalue weighted by atomic mass is 9.73. The smallest absolute Gasteiger partial charge is 0.177 e. The standard InChI is InChI=1S/C23H21Cl2N7/c24-17-15(5-8-27-21(17)25)18-19-22(31-30-18)29-16(12-28-19)32-9-6-23(7-10-32)11-13-3-1-2-4-14(13)20(23)26/h1-5,8,12,20H,6-7,9-11,26H2,(H,29,30,31)/t20-/m1/s1. The number of nitrogens with zero attached hydrogens (tertiary/aromatic N) is 5. The number of aromatic nitrogens is 5. The molecule has 7 nitrogen and oxygen atoms in total. The maximum atomic E-state index is 6.71. The SMILES string of the molecule is N[C@@H]1c2ccccc2CC12CCN(c1cnc3c(-c4ccnc(Cl)c4Cl)n[nH]c3n1)CC2. The number of nitrogens with one attached hydrogen (secondary N) is 1. The van der Waals surface area contributed by atoms with Crippen molar-refractivity contribution < 1.29 is 0 Å². The topological polar surface area (TPSA) is 96.6 Å². The lowest BCUT2D eigenvalue weighted by molar-refractivity contribution is 0.187. The zero-order valence-corrected chi connectivity index (χ0v) is 18.7. The number of hydrogen-bond acceptors (Lipinski definition) is 6. The summed E-state index contributed by atoms with van der Waals surface area (Å²) >= 11 is 12.4. The summed E-state index contributed by atoms with van der Waals surface area (Å²) in [6, 6.07) is 10.5. The quantitative estimate of drug-likeness (QED) is 0.421. The maximum Gasteiger partial charge on any atom is 0.177 e. The van der Waals surface area contributed by atoms with E-state index in [1.165, 1.54) is 11.1 Å². The molecule has 1 saturated heterocycles. The van der Waals surface area contributed by atoms with Crippen molar-refractivity contribution in [3.8, 4) is 11.3 Å². The van der Waals surface area contributed by atoms with Crippen molar-refractivity contribution >= 4 is 40.2 Å². The van der Waals surface area contributed by atoms with Crippen molar-refractivity contribution in [2.24, 2.45) is 11.1 Å². The molecule has 9 heteroatoms. The Hall–Kier alpha value is -2.74. The molecular weight excluding hydrogens is 445 g/mol. The van der Waals surface area contributed by atoms with E-state index in [0.29, 0.717) is 27.4 Å². The van der Waals surface area contributed by atoms with Crippen LogP contribution >= 0.6 is 23.2 Å². The van der Waals surface area contributed by atoms with E-state index in [-0.39, 0.29) is 16.6 Å². The molecule has 1 aliphatic carbocycles. The molecule has 1 spiro atoms. The van der Waals surface area contributed by atoms with Crippen molar-refractivity contribution in [1.82, 2.24) is 25.1 Å². The van der Waals surface area contributed by atoms with E-state index in [1.54, 1.807) is 18.5 Å². The Morgan fingerprint density at radius 3 is 2.72 bits per heavy atom. The van der Waals surface area contributed by atoms with Gasteiger partial charge < -0.3 is 10.6 Å². The molecule has 0 unspecified atom stereocenters. The first-order valence-electron chi connectivity index (χ1n) is 10.7. The number of nitrogens with two attached hydrogens (primary N) is 1. The van der Waals surface area contributed by atoms with Crippen LogP contribution in [0.3, 0.4) is 0 Å². The highest BCUT2D eigenvalue weighted by atomic mass is 35.5. The first-order chi connectivity index (χ1) is 15.6. The summed E-state index contributed by atoms with van der Waals surface area (Å²) in [5, 5.41) is 7.96. The molecule has 0 amide bonds. The largest absolute Gasteiger partial charge is 0.355 e. The fraction of sp³-hybridized carbons (Fsp3) is 0.304. The van der Waals surface area contributed by atoms with E-state index in [9.17, 15) is 0 Å². The summed E-state index contributed by atoms with van der Waals surface area (Å²) in [7, 11) is 0. The third kappa shape index (κ3) is 2.99. The third-order valence-corrected chi connectivity index (χ3v) is 7.80. The number of pyridine rings is 1. The second-order valence-electron chi connectivity index (χ2n) is 8.66. The van der Waals surface area contributed by atoms with E-state index >= 15 is 0 Å². The Bertz CT molecular complexity index is 1330. The summed E-state index contributed by atoms with van der Waals surface area (Å²) in [5.74, 6) is 0.838. The molecule has 1 fully saturated rings. The van der Waals surface area contributed by atoms with E-state index < -0.39 is 0 Å². The van der Waals surface area contributed by atoms with Gasteiger partial charge in [0.25, 0.3) is 0 Å². The second-order valence-corrected chi connectivity index (χ2v) is 9.40. The lowest BCUT2D eigenvalue weighted by Crippen LogP contribution is -2.44. The zero-order chi connectivity index (χ0) is 21.9. The predicted molar refractivity (Wildman–Crippen MR) is 126 cm³/mol. The van der Waals surface area contributed by atoms with Crippen LogP contribution in [0, 0.1) is 5.41 Å². The number of rotatable bonds is 2. The van der Waals surface area contributed by atoms with Crippen molar-refractivity contribution in [2.45, 2.75) is 25.3 Å². The molecule has 3 N–H and O–H groups in total. The fourth-order valence-electron chi connectivity index (χ4n) is 5.22. The number of halogens is 2. The number of benzene rings is 1. The van der Waals surface area contributed by atoms with Crippen molar-refractivity contribution in [3.05, 3.63) is 64.0 Å². The first kappa shape index (κ1) is 19.9. The van der Waals surface area contributed by atoms with Crippen LogP contribution in [0.1, 0.15) is 30.0 Å². The van der Waals surface area contributed by atoms with Gasteiger partial charge in [-0.15, -0.1) is 0 Å². The van der Waals surface area contributed by atoms with Gasteiger partial charge in [-0.1, -0.05) is 47.5 Å². The normalized spacial score (nSPS) is 19.6. The number of H-pyrrole nitrogens is 1. The maximum absolute atomic E-state index is 6.71. The highest BCUT2D eigenvalue weighted by Gasteiger charge is 2.45. The molecule has 4 aromatic rings. The summed E-state index contributed by atoms with van der Waals surface area (Å²) in [5.41, 5.74) is 12.1. The Kier molecular flexibility index (Phi) is 4.61. The molecule has 0 saturated carbocycles. The van der Waals surface area contributed by atoms with E-state index in [1.807, 2.05) is 0 Å². The molecule has 162 valence electrons. The summed E-state index contributed by atoms with van der Waals surface area (Å²) in [4.78, 5) is 15.7. The molecule has 32 heavy (non-hydrogen) atoms. The van der Waals surface area contributed by atoms with Gasteiger partial charge in [-0.25, -0.2) is 15.0 Å². The number of anilines is 1. The van der Waals surface area contributed by atoms with E-state index in [0.717, 1.165) is 38.2 Å². The molecule has 0 radical (unpaired) electrons. The molecule has 1 aliphatic heterocycles. The molecule has 1 aromatic carbocycles. The summed E-state index contributed by atoms with van der Waals surface area (Å²) in [6.45, 7) is 1.79. The Balaban J connectivity index is 1.25. The van der Waals surface area contributed by atoms with Crippen LogP contribution in [0.25, 0.3) is 22.4 Å². The van der Waals surface area contributed by atoms with E-state index in [4.69, 9.17) is 33.9 Å². The highest BCUT2D eigenvalue weighted by molar-refractivity contribution is 6.43. The van der Waals surface area contributed by atoms with Crippen LogP contribution < -0.4 is 10.6 Å². The number of hydrogen-bond donors (Lipinski definition) is 2. The van der Waals surface area contributed by atoms with Gasteiger partial charge >= 0.3 is 0 Å². The van der Waals surface area contributed by atoms with Crippen LogP contribution in [-0.2, 0) is 6.42 Å². The molecule has 3 aromatic heterocycles. The van der Waals surface area contributed by atoms with Crippen LogP contribution in [0.5, 0.6) is 0 Å². The van der Waals surface area contributed by atoms with Gasteiger partial charge in [0, 0.05) is 30.9 Å². The molecule has 4 heterocycles. The van der Waals surface area contributed by atoms with Crippen molar-refractivity contribution in [3.63, 3.8) is 0 Å². The van der Waals surface area contributed by atoms with Gasteiger partial charge in [0.1, 0.15) is 22.2 Å². The molecule has 6 rings (SSSR count). The van der Waals surface area contributed by atoms with Gasteiger partial charge in [-0.05, 0) is 41.9 Å². The average Bonchev–Trinajstić information content (AvgIpc) is 3.35. The Morgan fingerprint density at radius 1 is 1.09 bits per heavy atom. The summed E-state index contributed by atoms with van der Waals surface area (Å²) in [6.07, 6.45) is 6.52. The predicted octanol–water partition coefficient (Wildman–Crippen LogP) is 4.56. The molecule has 0 bridgehead atoms. The minimum absolute atomic E-state index is 0.0986. The van der Waals surface area contributed by atoms with Crippen molar-refractivity contribution in [2.75, 3.05) is 18.0 Å². The van der Waals surface area contributed by atoms with E-state index in [2.05, 4.69) is 49.3 Å². The molecular formula is C23H21Cl2N7. The van der Waals surface area contributed by atoms with Gasteiger partial charge in [-0.3, -0.25) is 5.10 Å². The number of piperidine rings is 1. The van der Waals surface area contributed by atoms with Crippen molar-refractivity contribution in [1.29, 1.82) is 0 Å². The minimum Gasteiger partial charge on any atom is -0.355 e. The van der Waals surface area contributed by atoms with Crippen LogP contribution in [0.2, 0.25) is 10.2 Å². The van der Waals surface area contributed by atoms with Crippen LogP contribution in [-0.4, -0.2) is 38.2 Å².